The first-order chi connectivity index (χ1) is 9.79. The molecule has 0 unspecified atom stereocenters. The van der Waals surface area contributed by atoms with E-state index in [2.05, 4.69) is 10.2 Å². The number of ketones is 1. The summed E-state index contributed by atoms with van der Waals surface area (Å²) in [5.74, 6) is 1.04. The lowest BCUT2D eigenvalue weighted by Gasteiger charge is -2.18. The summed E-state index contributed by atoms with van der Waals surface area (Å²) in [7, 11) is 0. The fourth-order valence-corrected chi connectivity index (χ4v) is 2.43. The molecule has 0 aromatic heterocycles. The Kier molecular flexibility index (Phi) is 6.02. The van der Waals surface area contributed by atoms with Gasteiger partial charge in [-0.1, -0.05) is 0 Å². The Bertz CT molecular complexity index is 409. The third kappa shape index (κ3) is 4.62. The smallest absolute Gasteiger partial charge is 0.164 e. The molecule has 1 saturated heterocycles. The van der Waals surface area contributed by atoms with Crippen molar-refractivity contribution in [3.8, 4) is 5.75 Å². The normalized spacial score (nSPS) is 16.6. The number of carbonyl (C=O) groups excluding carboxylic acids is 1. The molecule has 1 fully saturated rings. The Hall–Kier alpha value is -1.39. The van der Waals surface area contributed by atoms with Crippen LogP contribution in [0.3, 0.4) is 0 Å². The number of nitrogens with zero attached hydrogens (tertiary/aromatic N) is 1. The van der Waals surface area contributed by atoms with E-state index in [0.29, 0.717) is 13.0 Å². The van der Waals surface area contributed by atoms with Crippen LogP contribution >= 0.6 is 0 Å². The predicted molar refractivity (Wildman–Crippen MR) is 80.5 cm³/mol. The standard InChI is InChI=1S/C16H24N2O2/c1-2-20-15-6-4-14(5-7-15)16(19)8-12-18-11-3-9-17-10-13-18/h4-7,17H,2-3,8-13H2,1H3. The molecule has 0 aliphatic carbocycles. The Morgan fingerprint density at radius 3 is 2.80 bits per heavy atom. The van der Waals surface area contributed by atoms with Crippen LogP contribution in [0.15, 0.2) is 24.3 Å². The van der Waals surface area contributed by atoms with Crippen LogP contribution < -0.4 is 10.1 Å². The lowest BCUT2D eigenvalue weighted by molar-refractivity contribution is 0.0965. The van der Waals surface area contributed by atoms with Crippen LogP contribution in [0.2, 0.25) is 0 Å². The Morgan fingerprint density at radius 2 is 2.05 bits per heavy atom. The zero-order chi connectivity index (χ0) is 14.2. The fraction of sp³-hybridized carbons (Fsp3) is 0.562. The molecule has 0 saturated carbocycles. The minimum absolute atomic E-state index is 0.213. The van der Waals surface area contributed by atoms with E-state index in [1.165, 1.54) is 0 Å². The minimum Gasteiger partial charge on any atom is -0.494 e. The molecule has 1 aliphatic rings. The van der Waals surface area contributed by atoms with Gasteiger partial charge in [0.05, 0.1) is 6.61 Å². The third-order valence-electron chi connectivity index (χ3n) is 3.58. The summed E-state index contributed by atoms with van der Waals surface area (Å²) in [4.78, 5) is 14.5. The van der Waals surface area contributed by atoms with Gasteiger partial charge in [0.2, 0.25) is 0 Å². The van der Waals surface area contributed by atoms with E-state index < -0.39 is 0 Å². The molecule has 1 N–H and O–H groups in total. The van der Waals surface area contributed by atoms with Crippen molar-refractivity contribution in [2.24, 2.45) is 0 Å². The molecule has 0 atom stereocenters. The van der Waals surface area contributed by atoms with Gasteiger partial charge < -0.3 is 15.0 Å². The van der Waals surface area contributed by atoms with Crippen LogP contribution in [0.4, 0.5) is 0 Å². The fourth-order valence-electron chi connectivity index (χ4n) is 2.43. The Balaban J connectivity index is 1.81. The van der Waals surface area contributed by atoms with Gasteiger partial charge in [-0.25, -0.2) is 0 Å². The van der Waals surface area contributed by atoms with Crippen molar-refractivity contribution in [2.45, 2.75) is 19.8 Å². The van der Waals surface area contributed by atoms with Crippen molar-refractivity contribution in [1.82, 2.24) is 10.2 Å². The van der Waals surface area contributed by atoms with Gasteiger partial charge in [0.1, 0.15) is 5.75 Å². The highest BCUT2D eigenvalue weighted by atomic mass is 16.5. The van der Waals surface area contributed by atoms with Crippen molar-refractivity contribution in [2.75, 3.05) is 39.3 Å². The summed E-state index contributed by atoms with van der Waals surface area (Å²) < 4.78 is 5.38. The Morgan fingerprint density at radius 1 is 1.25 bits per heavy atom. The lowest BCUT2D eigenvalue weighted by Crippen LogP contribution is -2.30. The van der Waals surface area contributed by atoms with Gasteiger partial charge in [0, 0.05) is 31.6 Å². The summed E-state index contributed by atoms with van der Waals surface area (Å²) in [5, 5.41) is 3.37. The molecule has 4 nitrogen and oxygen atoms in total. The van der Waals surface area contributed by atoms with Gasteiger partial charge >= 0.3 is 0 Å². The molecule has 4 heteroatoms. The van der Waals surface area contributed by atoms with Crippen LogP contribution in [0.25, 0.3) is 0 Å². The maximum atomic E-state index is 12.2. The second kappa shape index (κ2) is 8.02. The van der Waals surface area contributed by atoms with Crippen LogP contribution in [0.5, 0.6) is 5.75 Å². The lowest BCUT2D eigenvalue weighted by atomic mass is 10.1. The molecule has 1 heterocycles. The Labute approximate surface area is 121 Å². The van der Waals surface area contributed by atoms with Gasteiger partial charge in [-0.3, -0.25) is 4.79 Å². The first-order valence-corrected chi connectivity index (χ1v) is 7.48. The second-order valence-electron chi connectivity index (χ2n) is 5.08. The van der Waals surface area contributed by atoms with E-state index in [1.54, 1.807) is 0 Å². The summed E-state index contributed by atoms with van der Waals surface area (Å²) >= 11 is 0. The number of hydrogen-bond acceptors (Lipinski definition) is 4. The number of benzene rings is 1. The molecule has 0 amide bonds. The van der Waals surface area contributed by atoms with Gasteiger partial charge in [0.15, 0.2) is 5.78 Å². The molecule has 2 rings (SSSR count). The zero-order valence-corrected chi connectivity index (χ0v) is 12.2. The molecule has 0 spiro atoms. The molecule has 1 aliphatic heterocycles. The van der Waals surface area contributed by atoms with E-state index in [1.807, 2.05) is 31.2 Å². The predicted octanol–water partition coefficient (Wildman–Crippen LogP) is 1.95. The van der Waals surface area contributed by atoms with Crippen LogP contribution in [-0.4, -0.2) is 50.0 Å². The van der Waals surface area contributed by atoms with Crippen molar-refractivity contribution in [3.05, 3.63) is 29.8 Å². The summed E-state index contributed by atoms with van der Waals surface area (Å²) in [6, 6.07) is 7.45. The quantitative estimate of drug-likeness (QED) is 0.806. The molecular formula is C16H24N2O2. The van der Waals surface area contributed by atoms with Crippen molar-refractivity contribution < 1.29 is 9.53 Å². The highest BCUT2D eigenvalue weighted by molar-refractivity contribution is 5.96. The number of ether oxygens (including phenoxy) is 1. The number of Topliss-reactive ketones (excluding diaryl/α,β-unsaturated/α-hetero) is 1. The van der Waals surface area contributed by atoms with Gasteiger partial charge in [-0.15, -0.1) is 0 Å². The average molecular weight is 276 g/mol. The third-order valence-corrected chi connectivity index (χ3v) is 3.58. The van der Waals surface area contributed by atoms with Crippen LogP contribution in [0.1, 0.15) is 30.1 Å². The van der Waals surface area contributed by atoms with Crippen molar-refractivity contribution in [3.63, 3.8) is 0 Å². The number of rotatable bonds is 6. The maximum absolute atomic E-state index is 12.2. The molecule has 110 valence electrons. The maximum Gasteiger partial charge on any atom is 0.164 e. The molecule has 20 heavy (non-hydrogen) atoms. The van der Waals surface area contributed by atoms with Gasteiger partial charge in [0.25, 0.3) is 0 Å². The summed E-state index contributed by atoms with van der Waals surface area (Å²) in [6.45, 7) is 7.69. The molecule has 0 bridgehead atoms. The zero-order valence-electron chi connectivity index (χ0n) is 12.2. The van der Waals surface area contributed by atoms with Gasteiger partial charge in [-0.05, 0) is 50.7 Å². The monoisotopic (exact) mass is 276 g/mol. The largest absolute Gasteiger partial charge is 0.494 e. The van der Waals surface area contributed by atoms with E-state index in [9.17, 15) is 4.79 Å². The number of hydrogen-bond donors (Lipinski definition) is 1. The van der Waals surface area contributed by atoms with Crippen molar-refractivity contribution >= 4 is 5.78 Å². The second-order valence-corrected chi connectivity index (χ2v) is 5.08. The molecule has 1 aromatic rings. The molecule has 0 radical (unpaired) electrons. The van der Waals surface area contributed by atoms with Gasteiger partial charge in [-0.2, -0.15) is 0 Å². The summed E-state index contributed by atoms with van der Waals surface area (Å²) in [5.41, 5.74) is 0.779. The minimum atomic E-state index is 0.213. The first kappa shape index (κ1) is 15.0. The van der Waals surface area contributed by atoms with E-state index in [-0.39, 0.29) is 5.78 Å². The van der Waals surface area contributed by atoms with Crippen LogP contribution in [-0.2, 0) is 0 Å². The topological polar surface area (TPSA) is 41.6 Å². The van der Waals surface area contributed by atoms with E-state index in [0.717, 1.165) is 50.5 Å². The SMILES string of the molecule is CCOc1ccc(C(=O)CCN2CCCNCC2)cc1. The van der Waals surface area contributed by atoms with E-state index in [4.69, 9.17) is 4.74 Å². The van der Waals surface area contributed by atoms with E-state index >= 15 is 0 Å². The first-order valence-electron chi connectivity index (χ1n) is 7.48. The molecule has 1 aromatic carbocycles. The average Bonchev–Trinajstić information content (AvgIpc) is 2.74. The highest BCUT2D eigenvalue weighted by Crippen LogP contribution is 2.13. The van der Waals surface area contributed by atoms with Crippen LogP contribution in [0, 0.1) is 0 Å². The highest BCUT2D eigenvalue weighted by Gasteiger charge is 2.11. The molecular weight excluding hydrogens is 252 g/mol. The number of nitrogens with one attached hydrogen (secondary N) is 1. The number of carbonyl (C=O) groups is 1. The summed E-state index contributed by atoms with van der Waals surface area (Å²) in [6.07, 6.45) is 1.76. The van der Waals surface area contributed by atoms with Crippen molar-refractivity contribution in [1.29, 1.82) is 0 Å².